The molecule has 1 amide bonds. The molecule has 0 radical (unpaired) electrons. The lowest BCUT2D eigenvalue weighted by atomic mass is 9.82. The molecule has 5 heteroatoms. The van der Waals surface area contributed by atoms with Gasteiger partial charge in [-0.25, -0.2) is 4.98 Å². The molecule has 27 heavy (non-hydrogen) atoms. The second kappa shape index (κ2) is 6.20. The third-order valence-electron chi connectivity index (χ3n) is 6.41. The van der Waals surface area contributed by atoms with Gasteiger partial charge in [0, 0.05) is 36.5 Å². The molecule has 1 aromatic carbocycles. The van der Waals surface area contributed by atoms with Crippen LogP contribution >= 0.6 is 0 Å². The molecule has 0 unspecified atom stereocenters. The van der Waals surface area contributed by atoms with Crippen molar-refractivity contribution in [3.63, 3.8) is 0 Å². The van der Waals surface area contributed by atoms with E-state index in [9.17, 15) is 9.90 Å². The summed E-state index contributed by atoms with van der Waals surface area (Å²) in [4.78, 5) is 19.7. The SMILES string of the molecule is O=C(c1ccc2nc(-c3ccccc3)cn2c1)N1C[C@@H]2CCC[C@]2(CO)C1. The molecule has 3 heterocycles. The Hall–Kier alpha value is -2.66. The summed E-state index contributed by atoms with van der Waals surface area (Å²) in [6.45, 7) is 1.61. The molecular weight excluding hydrogens is 338 g/mol. The maximum absolute atomic E-state index is 13.1. The number of pyridine rings is 1. The first-order valence-electron chi connectivity index (χ1n) is 9.63. The van der Waals surface area contributed by atoms with Gasteiger partial charge in [0.15, 0.2) is 0 Å². The van der Waals surface area contributed by atoms with Crippen molar-refractivity contribution in [2.24, 2.45) is 11.3 Å². The van der Waals surface area contributed by atoms with Crippen molar-refractivity contribution in [1.29, 1.82) is 0 Å². The molecule has 2 fully saturated rings. The largest absolute Gasteiger partial charge is 0.396 e. The topological polar surface area (TPSA) is 57.8 Å². The summed E-state index contributed by atoms with van der Waals surface area (Å²) in [7, 11) is 0. The zero-order chi connectivity index (χ0) is 18.4. The summed E-state index contributed by atoms with van der Waals surface area (Å²) < 4.78 is 1.92. The quantitative estimate of drug-likeness (QED) is 0.779. The van der Waals surface area contributed by atoms with Crippen LogP contribution in [-0.2, 0) is 0 Å². The van der Waals surface area contributed by atoms with Gasteiger partial charge in [0.2, 0.25) is 0 Å². The predicted octanol–water partition coefficient (Wildman–Crippen LogP) is 3.24. The minimum Gasteiger partial charge on any atom is -0.396 e. The first kappa shape index (κ1) is 16.5. The van der Waals surface area contributed by atoms with Crippen molar-refractivity contribution in [1.82, 2.24) is 14.3 Å². The molecule has 3 aromatic rings. The maximum Gasteiger partial charge on any atom is 0.255 e. The van der Waals surface area contributed by atoms with Gasteiger partial charge in [-0.05, 0) is 30.9 Å². The average Bonchev–Trinajstić information content (AvgIpc) is 3.39. The molecule has 1 N–H and O–H groups in total. The summed E-state index contributed by atoms with van der Waals surface area (Å²) in [5, 5.41) is 9.90. The Morgan fingerprint density at radius 2 is 2.04 bits per heavy atom. The van der Waals surface area contributed by atoms with E-state index in [1.54, 1.807) is 0 Å². The van der Waals surface area contributed by atoms with Crippen LogP contribution in [0.3, 0.4) is 0 Å². The number of likely N-dealkylation sites (tertiary alicyclic amines) is 1. The second-order valence-electron chi connectivity index (χ2n) is 7.97. The molecule has 2 atom stereocenters. The van der Waals surface area contributed by atoms with Crippen LogP contribution in [0.4, 0.5) is 0 Å². The fourth-order valence-corrected chi connectivity index (χ4v) is 4.88. The van der Waals surface area contributed by atoms with Gasteiger partial charge in [0.1, 0.15) is 5.65 Å². The Labute approximate surface area is 158 Å². The zero-order valence-electron chi connectivity index (χ0n) is 15.2. The minimum absolute atomic E-state index is 0.0501. The highest BCUT2D eigenvalue weighted by molar-refractivity contribution is 5.94. The number of carbonyl (C=O) groups excluding carboxylic acids is 1. The smallest absolute Gasteiger partial charge is 0.255 e. The Kier molecular flexibility index (Phi) is 3.79. The molecule has 1 aliphatic carbocycles. The predicted molar refractivity (Wildman–Crippen MR) is 103 cm³/mol. The molecule has 2 aromatic heterocycles. The monoisotopic (exact) mass is 361 g/mol. The fourth-order valence-electron chi connectivity index (χ4n) is 4.88. The lowest BCUT2D eigenvalue weighted by Gasteiger charge is -2.25. The number of amides is 1. The highest BCUT2D eigenvalue weighted by atomic mass is 16.3. The summed E-state index contributed by atoms with van der Waals surface area (Å²) >= 11 is 0. The van der Waals surface area contributed by atoms with Gasteiger partial charge in [0.05, 0.1) is 17.9 Å². The minimum atomic E-state index is -0.0742. The number of imidazole rings is 1. The lowest BCUT2D eigenvalue weighted by molar-refractivity contribution is 0.0734. The molecule has 1 saturated heterocycles. The van der Waals surface area contributed by atoms with E-state index in [2.05, 4.69) is 4.98 Å². The number of carbonyl (C=O) groups is 1. The molecule has 5 rings (SSSR count). The highest BCUT2D eigenvalue weighted by Gasteiger charge is 2.50. The van der Waals surface area contributed by atoms with Crippen LogP contribution in [0.25, 0.3) is 16.9 Å². The summed E-state index contributed by atoms with van der Waals surface area (Å²) in [5.41, 5.74) is 3.39. The average molecular weight is 361 g/mol. The number of aliphatic hydroxyl groups excluding tert-OH is 1. The summed E-state index contributed by atoms with van der Waals surface area (Å²) in [6.07, 6.45) is 7.15. The number of aliphatic hydroxyl groups is 1. The molecule has 1 aliphatic heterocycles. The Balaban J connectivity index is 1.43. The van der Waals surface area contributed by atoms with Gasteiger partial charge < -0.3 is 14.4 Å². The Morgan fingerprint density at radius 3 is 2.81 bits per heavy atom. The number of nitrogens with zero attached hydrogens (tertiary/aromatic N) is 3. The van der Waals surface area contributed by atoms with Gasteiger partial charge in [-0.3, -0.25) is 4.79 Å². The zero-order valence-corrected chi connectivity index (χ0v) is 15.2. The number of hydrogen-bond acceptors (Lipinski definition) is 3. The number of fused-ring (bicyclic) bond motifs is 2. The van der Waals surface area contributed by atoms with Gasteiger partial charge in [0.25, 0.3) is 5.91 Å². The van der Waals surface area contributed by atoms with Crippen LogP contribution in [0.15, 0.2) is 54.9 Å². The first-order chi connectivity index (χ1) is 13.2. The number of aromatic nitrogens is 2. The molecule has 138 valence electrons. The summed E-state index contributed by atoms with van der Waals surface area (Å²) in [6, 6.07) is 13.8. The fraction of sp³-hybridized carbons (Fsp3) is 0.364. The van der Waals surface area contributed by atoms with E-state index in [1.807, 2.05) is 64.2 Å². The van der Waals surface area contributed by atoms with Gasteiger partial charge in [-0.2, -0.15) is 0 Å². The van der Waals surface area contributed by atoms with Crippen molar-refractivity contribution in [2.45, 2.75) is 19.3 Å². The van der Waals surface area contributed by atoms with Crippen molar-refractivity contribution in [3.05, 3.63) is 60.4 Å². The standard InChI is InChI=1S/C22H23N3O2/c26-15-22-10-4-7-18(22)12-25(14-22)21(27)17-8-9-20-23-19(13-24(20)11-17)16-5-2-1-3-6-16/h1-3,5-6,8-9,11,13,18,26H,4,7,10,12,14-15H2/t18-,22+/m0/s1. The van der Waals surface area contributed by atoms with E-state index in [4.69, 9.17) is 0 Å². The van der Waals surface area contributed by atoms with Crippen LogP contribution in [-0.4, -0.2) is 45.0 Å². The number of benzene rings is 1. The van der Waals surface area contributed by atoms with E-state index >= 15 is 0 Å². The van der Waals surface area contributed by atoms with E-state index < -0.39 is 0 Å². The van der Waals surface area contributed by atoms with Crippen LogP contribution in [0.5, 0.6) is 0 Å². The third-order valence-corrected chi connectivity index (χ3v) is 6.41. The third kappa shape index (κ3) is 2.65. The van der Waals surface area contributed by atoms with E-state index in [0.29, 0.717) is 18.0 Å². The van der Waals surface area contributed by atoms with Crippen molar-refractivity contribution >= 4 is 11.6 Å². The summed E-state index contributed by atoms with van der Waals surface area (Å²) in [5.74, 6) is 0.488. The Morgan fingerprint density at radius 1 is 1.19 bits per heavy atom. The normalized spacial score (nSPS) is 24.5. The number of hydrogen-bond donors (Lipinski definition) is 1. The van der Waals surface area contributed by atoms with Crippen LogP contribution in [0, 0.1) is 11.3 Å². The Bertz CT molecular complexity index is 997. The lowest BCUT2D eigenvalue weighted by Crippen LogP contribution is -2.34. The van der Waals surface area contributed by atoms with Gasteiger partial charge in [-0.15, -0.1) is 0 Å². The molecule has 0 spiro atoms. The van der Waals surface area contributed by atoms with Crippen LogP contribution < -0.4 is 0 Å². The van der Waals surface area contributed by atoms with E-state index in [1.165, 1.54) is 0 Å². The maximum atomic E-state index is 13.1. The molecule has 5 nitrogen and oxygen atoms in total. The van der Waals surface area contributed by atoms with Gasteiger partial charge >= 0.3 is 0 Å². The molecular formula is C22H23N3O2. The number of rotatable bonds is 3. The molecule has 0 bridgehead atoms. The van der Waals surface area contributed by atoms with Crippen LogP contribution in [0.1, 0.15) is 29.6 Å². The van der Waals surface area contributed by atoms with Crippen molar-refractivity contribution < 1.29 is 9.90 Å². The van der Waals surface area contributed by atoms with E-state index in [-0.39, 0.29) is 17.9 Å². The van der Waals surface area contributed by atoms with Crippen LogP contribution in [0.2, 0.25) is 0 Å². The van der Waals surface area contributed by atoms with Crippen molar-refractivity contribution in [3.8, 4) is 11.3 Å². The second-order valence-corrected chi connectivity index (χ2v) is 7.97. The molecule has 1 saturated carbocycles. The van der Waals surface area contributed by atoms with E-state index in [0.717, 1.165) is 42.7 Å². The molecule has 2 aliphatic rings. The first-order valence-corrected chi connectivity index (χ1v) is 9.63. The highest BCUT2D eigenvalue weighted by Crippen LogP contribution is 2.48. The van der Waals surface area contributed by atoms with Gasteiger partial charge in [-0.1, -0.05) is 36.8 Å². The van der Waals surface area contributed by atoms with Crippen molar-refractivity contribution in [2.75, 3.05) is 19.7 Å².